The number of aromatic nitrogens is 3. The average molecular weight is 345 g/mol. The molecule has 0 aliphatic carbocycles. The molecule has 25 heavy (non-hydrogen) atoms. The third-order valence-corrected chi connectivity index (χ3v) is 4.75. The highest BCUT2D eigenvalue weighted by Gasteiger charge is 2.23. The number of piperidine rings is 1. The fourth-order valence-electron chi connectivity index (χ4n) is 3.21. The maximum absolute atomic E-state index is 12.9. The Morgan fingerprint density at radius 3 is 2.60 bits per heavy atom. The molecule has 1 aliphatic rings. The maximum atomic E-state index is 12.9. The predicted octanol–water partition coefficient (Wildman–Crippen LogP) is 1.75. The van der Waals surface area contributed by atoms with Crippen LogP contribution in [0.5, 0.6) is 0 Å². The summed E-state index contributed by atoms with van der Waals surface area (Å²) < 4.78 is 14.7. The van der Waals surface area contributed by atoms with Crippen LogP contribution in [0.4, 0.5) is 4.39 Å². The van der Waals surface area contributed by atoms with Crippen molar-refractivity contribution in [1.82, 2.24) is 19.9 Å². The number of carbonyl (C=O) groups excluding carboxylic acids is 1. The fourth-order valence-corrected chi connectivity index (χ4v) is 3.21. The Morgan fingerprint density at radius 1 is 1.24 bits per heavy atom. The van der Waals surface area contributed by atoms with E-state index < -0.39 is 0 Å². The Bertz CT molecular complexity index is 692. The highest BCUT2D eigenvalue weighted by atomic mass is 19.1. The van der Waals surface area contributed by atoms with E-state index in [9.17, 15) is 9.18 Å². The van der Waals surface area contributed by atoms with Gasteiger partial charge in [0, 0.05) is 38.8 Å². The van der Waals surface area contributed by atoms with Gasteiger partial charge in [-0.2, -0.15) is 0 Å². The van der Waals surface area contributed by atoms with Gasteiger partial charge in [-0.15, -0.1) is 5.10 Å². The summed E-state index contributed by atoms with van der Waals surface area (Å²) in [4.78, 5) is 14.3. The van der Waals surface area contributed by atoms with Crippen LogP contribution in [0.25, 0.3) is 0 Å². The zero-order chi connectivity index (χ0) is 17.6. The van der Waals surface area contributed by atoms with Crippen molar-refractivity contribution in [2.45, 2.75) is 38.8 Å². The Kier molecular flexibility index (Phi) is 5.75. The lowest BCUT2D eigenvalue weighted by Crippen LogP contribution is -2.39. The summed E-state index contributed by atoms with van der Waals surface area (Å²) in [5, 5.41) is 8.09. The molecule has 1 aliphatic heterocycles. The largest absolute Gasteiger partial charge is 0.343 e. The molecule has 1 aromatic heterocycles. The number of benzene rings is 1. The molecule has 0 radical (unpaired) electrons. The number of likely N-dealkylation sites (tertiary alicyclic amines) is 1. The quantitative estimate of drug-likeness (QED) is 0.865. The summed E-state index contributed by atoms with van der Waals surface area (Å²) >= 11 is 0. The molecule has 0 bridgehead atoms. The van der Waals surface area contributed by atoms with Crippen molar-refractivity contribution in [2.24, 2.45) is 11.7 Å². The average Bonchev–Trinajstić information content (AvgIpc) is 3.09. The van der Waals surface area contributed by atoms with E-state index in [1.165, 1.54) is 12.1 Å². The van der Waals surface area contributed by atoms with Gasteiger partial charge in [0.15, 0.2) is 0 Å². The molecule has 2 aromatic rings. The molecular weight excluding hydrogens is 321 g/mol. The van der Waals surface area contributed by atoms with E-state index in [-0.39, 0.29) is 11.7 Å². The molecule has 1 amide bonds. The number of hydrogen-bond acceptors (Lipinski definition) is 4. The number of nitrogens with zero attached hydrogens (tertiary/aromatic N) is 4. The SMILES string of the molecule is NCc1cn(CC2CCN(C(=O)CCc3ccc(F)cc3)CC2)nn1. The number of nitrogens with two attached hydrogens (primary N) is 1. The minimum Gasteiger partial charge on any atom is -0.343 e. The first-order chi connectivity index (χ1) is 12.1. The van der Waals surface area contributed by atoms with Crippen LogP contribution in [0.1, 0.15) is 30.5 Å². The van der Waals surface area contributed by atoms with Crippen LogP contribution in [0.15, 0.2) is 30.5 Å². The number of amides is 1. The molecule has 1 saturated heterocycles. The van der Waals surface area contributed by atoms with Crippen LogP contribution in [-0.2, 0) is 24.3 Å². The minimum absolute atomic E-state index is 0.175. The second kappa shape index (κ2) is 8.20. The van der Waals surface area contributed by atoms with Gasteiger partial charge in [-0.05, 0) is 42.9 Å². The lowest BCUT2D eigenvalue weighted by Gasteiger charge is -2.32. The number of rotatable bonds is 6. The Labute approximate surface area is 146 Å². The maximum Gasteiger partial charge on any atom is 0.222 e. The van der Waals surface area contributed by atoms with Crippen LogP contribution in [0.2, 0.25) is 0 Å². The molecule has 134 valence electrons. The van der Waals surface area contributed by atoms with E-state index in [2.05, 4.69) is 10.3 Å². The van der Waals surface area contributed by atoms with E-state index in [0.29, 0.717) is 25.3 Å². The Hall–Kier alpha value is -2.28. The Balaban J connectivity index is 1.41. The summed E-state index contributed by atoms with van der Waals surface area (Å²) in [7, 11) is 0. The second-order valence-corrected chi connectivity index (χ2v) is 6.59. The zero-order valence-electron chi connectivity index (χ0n) is 14.3. The normalized spacial score (nSPS) is 15.5. The lowest BCUT2D eigenvalue weighted by atomic mass is 9.96. The van der Waals surface area contributed by atoms with Crippen LogP contribution in [-0.4, -0.2) is 38.9 Å². The summed E-state index contributed by atoms with van der Waals surface area (Å²) in [6, 6.07) is 6.35. The molecule has 2 N–H and O–H groups in total. The van der Waals surface area contributed by atoms with Crippen LogP contribution < -0.4 is 5.73 Å². The van der Waals surface area contributed by atoms with Crippen molar-refractivity contribution >= 4 is 5.91 Å². The van der Waals surface area contributed by atoms with Crippen molar-refractivity contribution in [3.05, 3.63) is 47.5 Å². The van der Waals surface area contributed by atoms with Gasteiger partial charge in [-0.3, -0.25) is 9.48 Å². The molecule has 1 aromatic carbocycles. The molecular formula is C18H24FN5O. The molecule has 6 nitrogen and oxygen atoms in total. The number of aryl methyl sites for hydroxylation is 1. The third-order valence-electron chi connectivity index (χ3n) is 4.75. The van der Waals surface area contributed by atoms with Crippen molar-refractivity contribution in [3.8, 4) is 0 Å². The van der Waals surface area contributed by atoms with Crippen LogP contribution in [0.3, 0.4) is 0 Å². The highest BCUT2D eigenvalue weighted by molar-refractivity contribution is 5.76. The first-order valence-electron chi connectivity index (χ1n) is 8.75. The van der Waals surface area contributed by atoms with Crippen molar-refractivity contribution in [3.63, 3.8) is 0 Å². The molecule has 3 rings (SSSR count). The predicted molar refractivity (Wildman–Crippen MR) is 91.9 cm³/mol. The van der Waals surface area contributed by atoms with Crippen molar-refractivity contribution in [2.75, 3.05) is 13.1 Å². The monoisotopic (exact) mass is 345 g/mol. The van der Waals surface area contributed by atoms with Gasteiger partial charge in [-0.1, -0.05) is 17.3 Å². The summed E-state index contributed by atoms with van der Waals surface area (Å²) in [6.45, 7) is 2.79. The molecule has 0 unspecified atom stereocenters. The first-order valence-corrected chi connectivity index (χ1v) is 8.75. The van der Waals surface area contributed by atoms with Gasteiger partial charge in [0.25, 0.3) is 0 Å². The van der Waals surface area contributed by atoms with Crippen molar-refractivity contribution < 1.29 is 9.18 Å². The van der Waals surface area contributed by atoms with Gasteiger partial charge in [0.05, 0.1) is 5.69 Å². The number of hydrogen-bond donors (Lipinski definition) is 1. The molecule has 0 spiro atoms. The smallest absolute Gasteiger partial charge is 0.222 e. The van der Waals surface area contributed by atoms with E-state index in [1.54, 1.807) is 12.1 Å². The van der Waals surface area contributed by atoms with Gasteiger partial charge in [0.2, 0.25) is 5.91 Å². The zero-order valence-corrected chi connectivity index (χ0v) is 14.3. The highest BCUT2D eigenvalue weighted by Crippen LogP contribution is 2.20. The summed E-state index contributed by atoms with van der Waals surface area (Å²) in [5.74, 6) is 0.436. The molecule has 1 fully saturated rings. The molecule has 2 heterocycles. The standard InChI is InChI=1S/C18H24FN5O/c19-16-4-1-14(2-5-16)3-6-18(25)23-9-7-15(8-10-23)12-24-13-17(11-20)21-22-24/h1-2,4-5,13,15H,3,6-12,20H2. The lowest BCUT2D eigenvalue weighted by molar-refractivity contribution is -0.132. The van der Waals surface area contributed by atoms with Crippen LogP contribution in [0, 0.1) is 11.7 Å². The molecule has 7 heteroatoms. The molecule has 0 atom stereocenters. The van der Waals surface area contributed by atoms with Gasteiger partial charge in [0.1, 0.15) is 5.82 Å². The second-order valence-electron chi connectivity index (χ2n) is 6.59. The topological polar surface area (TPSA) is 77.0 Å². The summed E-state index contributed by atoms with van der Waals surface area (Å²) in [6.07, 6.45) is 4.96. The van der Waals surface area contributed by atoms with E-state index in [4.69, 9.17) is 5.73 Å². The van der Waals surface area contributed by atoms with E-state index >= 15 is 0 Å². The Morgan fingerprint density at radius 2 is 1.96 bits per heavy atom. The number of carbonyl (C=O) groups is 1. The fraction of sp³-hybridized carbons (Fsp3) is 0.500. The van der Waals surface area contributed by atoms with Gasteiger partial charge >= 0.3 is 0 Å². The minimum atomic E-state index is -0.247. The third kappa shape index (κ3) is 4.85. The van der Waals surface area contributed by atoms with E-state index in [1.807, 2.05) is 15.8 Å². The first kappa shape index (κ1) is 17.5. The summed E-state index contributed by atoms with van der Waals surface area (Å²) in [5.41, 5.74) is 7.34. The van der Waals surface area contributed by atoms with Crippen LogP contribution >= 0.6 is 0 Å². The van der Waals surface area contributed by atoms with Crippen molar-refractivity contribution in [1.29, 1.82) is 0 Å². The molecule has 0 saturated carbocycles. The van der Waals surface area contributed by atoms with E-state index in [0.717, 1.165) is 43.7 Å². The van der Waals surface area contributed by atoms with Gasteiger partial charge in [-0.25, -0.2) is 4.39 Å². The van der Waals surface area contributed by atoms with Gasteiger partial charge < -0.3 is 10.6 Å². The number of halogens is 1.